The van der Waals surface area contributed by atoms with E-state index in [1.54, 1.807) is 12.1 Å². The summed E-state index contributed by atoms with van der Waals surface area (Å²) >= 11 is 0. The van der Waals surface area contributed by atoms with E-state index in [1.165, 1.54) is 18.5 Å². The normalized spacial score (nSPS) is 11.0. The summed E-state index contributed by atoms with van der Waals surface area (Å²) in [7, 11) is 0. The molecule has 0 saturated heterocycles. The number of fused-ring (bicyclic) bond motifs is 1. The first-order chi connectivity index (χ1) is 13.6. The third-order valence-corrected chi connectivity index (χ3v) is 4.82. The van der Waals surface area contributed by atoms with Crippen LogP contribution in [0.3, 0.4) is 0 Å². The van der Waals surface area contributed by atoms with Crippen LogP contribution in [0.2, 0.25) is 0 Å². The average molecular weight is 376 g/mol. The van der Waals surface area contributed by atoms with Crippen molar-refractivity contribution in [2.45, 2.75) is 20.8 Å². The van der Waals surface area contributed by atoms with Gasteiger partial charge in [-0.3, -0.25) is 4.57 Å². The first-order valence-electron chi connectivity index (χ1n) is 9.17. The predicted octanol–water partition coefficient (Wildman–Crippen LogP) is 5.32. The molecule has 6 heteroatoms. The maximum atomic E-state index is 13.4. The van der Waals surface area contributed by atoms with Gasteiger partial charge in [0, 0.05) is 11.4 Å². The highest BCUT2D eigenvalue weighted by Gasteiger charge is 2.18. The van der Waals surface area contributed by atoms with Gasteiger partial charge in [0.05, 0.1) is 17.7 Å². The number of ether oxygens (including phenoxy) is 1. The second kappa shape index (κ2) is 7.31. The van der Waals surface area contributed by atoms with Crippen molar-refractivity contribution in [1.82, 2.24) is 14.5 Å². The molecule has 0 aliphatic rings. The van der Waals surface area contributed by atoms with Crippen molar-refractivity contribution < 1.29 is 9.13 Å². The van der Waals surface area contributed by atoms with Crippen LogP contribution in [0.4, 0.5) is 15.9 Å². The van der Waals surface area contributed by atoms with Gasteiger partial charge in [0.1, 0.15) is 23.7 Å². The Labute approximate surface area is 162 Å². The molecule has 0 atom stereocenters. The number of anilines is 2. The first-order valence-corrected chi connectivity index (χ1v) is 9.17. The average Bonchev–Trinajstić information content (AvgIpc) is 2.96. The molecule has 2 aromatic carbocycles. The van der Waals surface area contributed by atoms with E-state index in [2.05, 4.69) is 15.3 Å². The first kappa shape index (κ1) is 18.0. The zero-order valence-corrected chi connectivity index (χ0v) is 16.0. The topological polar surface area (TPSA) is 52.0 Å². The fourth-order valence-electron chi connectivity index (χ4n) is 3.38. The molecule has 4 aromatic rings. The van der Waals surface area contributed by atoms with Crippen LogP contribution >= 0.6 is 0 Å². The molecule has 0 spiro atoms. The second-order valence-corrected chi connectivity index (χ2v) is 6.50. The van der Waals surface area contributed by atoms with Gasteiger partial charge in [0.2, 0.25) is 0 Å². The highest BCUT2D eigenvalue weighted by Crippen LogP contribution is 2.34. The monoisotopic (exact) mass is 376 g/mol. The minimum Gasteiger partial charge on any atom is -0.492 e. The highest BCUT2D eigenvalue weighted by molar-refractivity contribution is 5.94. The second-order valence-electron chi connectivity index (χ2n) is 6.50. The van der Waals surface area contributed by atoms with E-state index in [4.69, 9.17) is 4.74 Å². The summed E-state index contributed by atoms with van der Waals surface area (Å²) < 4.78 is 21.1. The van der Waals surface area contributed by atoms with Crippen LogP contribution in [0, 0.1) is 19.7 Å². The van der Waals surface area contributed by atoms with E-state index >= 15 is 0 Å². The maximum Gasteiger partial charge on any atom is 0.150 e. The molecule has 2 heterocycles. The number of benzene rings is 2. The molecule has 0 aliphatic carbocycles. The smallest absolute Gasteiger partial charge is 0.150 e. The number of nitrogens with zero attached hydrogens (tertiary/aromatic N) is 3. The molecule has 5 nitrogen and oxygen atoms in total. The summed E-state index contributed by atoms with van der Waals surface area (Å²) in [6, 6.07) is 14.2. The van der Waals surface area contributed by atoms with E-state index in [-0.39, 0.29) is 5.82 Å². The van der Waals surface area contributed by atoms with Crippen LogP contribution in [0.15, 0.2) is 54.9 Å². The van der Waals surface area contributed by atoms with Crippen molar-refractivity contribution in [3.05, 3.63) is 71.9 Å². The van der Waals surface area contributed by atoms with E-state index in [0.29, 0.717) is 12.4 Å². The third kappa shape index (κ3) is 3.07. The Hall–Kier alpha value is -3.41. The Morgan fingerprint density at radius 1 is 1.04 bits per heavy atom. The summed E-state index contributed by atoms with van der Waals surface area (Å²) in [5.74, 6) is 1.21. The van der Waals surface area contributed by atoms with Crippen molar-refractivity contribution in [2.75, 3.05) is 11.9 Å². The molecule has 0 unspecified atom stereocenters. The number of hydrogen-bond donors (Lipinski definition) is 1. The summed E-state index contributed by atoms with van der Waals surface area (Å²) in [4.78, 5) is 8.98. The number of nitrogens with one attached hydrogen (secondary N) is 1. The Bertz CT molecular complexity index is 1140. The van der Waals surface area contributed by atoms with Crippen molar-refractivity contribution in [2.24, 2.45) is 0 Å². The number of aromatic nitrogens is 3. The number of rotatable bonds is 5. The quantitative estimate of drug-likeness (QED) is 0.512. The molecular weight excluding hydrogens is 355 g/mol. The molecule has 28 heavy (non-hydrogen) atoms. The molecule has 0 bridgehead atoms. The summed E-state index contributed by atoms with van der Waals surface area (Å²) in [6.45, 7) is 6.60. The van der Waals surface area contributed by atoms with Crippen LogP contribution < -0.4 is 10.1 Å². The van der Waals surface area contributed by atoms with Crippen molar-refractivity contribution in [3.8, 4) is 11.4 Å². The molecule has 2 aromatic heterocycles. The third-order valence-electron chi connectivity index (χ3n) is 4.82. The number of para-hydroxylation sites is 2. The number of halogens is 1. The molecular formula is C22H21FN4O. The van der Waals surface area contributed by atoms with Crippen LogP contribution in [0.25, 0.3) is 16.7 Å². The Balaban J connectivity index is 1.86. The number of hydrogen-bond acceptors (Lipinski definition) is 4. The minimum absolute atomic E-state index is 0.265. The highest BCUT2D eigenvalue weighted by atomic mass is 19.1. The zero-order valence-electron chi connectivity index (χ0n) is 16.0. The van der Waals surface area contributed by atoms with Gasteiger partial charge >= 0.3 is 0 Å². The zero-order chi connectivity index (χ0) is 19.7. The summed E-state index contributed by atoms with van der Waals surface area (Å²) in [5, 5.41) is 4.32. The maximum absolute atomic E-state index is 13.4. The van der Waals surface area contributed by atoms with E-state index in [0.717, 1.165) is 39.4 Å². The summed E-state index contributed by atoms with van der Waals surface area (Å²) in [6.07, 6.45) is 1.53. The van der Waals surface area contributed by atoms with Crippen LogP contribution in [-0.4, -0.2) is 21.1 Å². The van der Waals surface area contributed by atoms with Gasteiger partial charge in [-0.25, -0.2) is 14.4 Å². The van der Waals surface area contributed by atoms with Crippen LogP contribution in [0.5, 0.6) is 5.75 Å². The fourth-order valence-corrected chi connectivity index (χ4v) is 3.38. The molecule has 0 fully saturated rings. The predicted molar refractivity (Wildman–Crippen MR) is 109 cm³/mol. The lowest BCUT2D eigenvalue weighted by Crippen LogP contribution is -2.01. The van der Waals surface area contributed by atoms with Crippen molar-refractivity contribution in [1.29, 1.82) is 0 Å². The number of aryl methyl sites for hydroxylation is 1. The lowest BCUT2D eigenvalue weighted by atomic mass is 10.2. The van der Waals surface area contributed by atoms with E-state index in [9.17, 15) is 4.39 Å². The molecule has 0 saturated carbocycles. The van der Waals surface area contributed by atoms with Gasteiger partial charge in [-0.1, -0.05) is 12.1 Å². The van der Waals surface area contributed by atoms with Gasteiger partial charge < -0.3 is 10.1 Å². The Morgan fingerprint density at radius 3 is 2.54 bits per heavy atom. The lowest BCUT2D eigenvalue weighted by molar-refractivity contribution is 0.342. The van der Waals surface area contributed by atoms with Gasteiger partial charge in [0.25, 0.3) is 0 Å². The largest absolute Gasteiger partial charge is 0.492 e. The lowest BCUT2D eigenvalue weighted by Gasteiger charge is -2.12. The fraction of sp³-hybridized carbons (Fsp3) is 0.182. The Kier molecular flexibility index (Phi) is 4.69. The van der Waals surface area contributed by atoms with Crippen LogP contribution in [0.1, 0.15) is 18.2 Å². The summed E-state index contributed by atoms with van der Waals surface area (Å²) in [5.41, 5.74) is 4.57. The standard InChI is InChI=1S/C22H21FN4O/c1-4-28-19-8-6-5-7-18(19)26-21-20-14(2)15(3)27(22(20)25-13-24-21)17-11-9-16(23)10-12-17/h5-13H,4H2,1-3H3,(H,24,25,26). The molecule has 0 aliphatic heterocycles. The van der Waals surface area contributed by atoms with Gasteiger partial charge in [-0.15, -0.1) is 0 Å². The molecule has 142 valence electrons. The van der Waals surface area contributed by atoms with Gasteiger partial charge in [-0.05, 0) is 62.7 Å². The van der Waals surface area contributed by atoms with Crippen molar-refractivity contribution in [3.63, 3.8) is 0 Å². The molecule has 0 amide bonds. The molecule has 1 N–H and O–H groups in total. The van der Waals surface area contributed by atoms with E-state index < -0.39 is 0 Å². The molecule has 0 radical (unpaired) electrons. The molecule has 4 rings (SSSR count). The minimum atomic E-state index is -0.265. The van der Waals surface area contributed by atoms with Gasteiger partial charge in [0.15, 0.2) is 5.65 Å². The van der Waals surface area contributed by atoms with Crippen molar-refractivity contribution >= 4 is 22.5 Å². The Morgan fingerprint density at radius 2 is 1.79 bits per heavy atom. The SMILES string of the molecule is CCOc1ccccc1Nc1ncnc2c1c(C)c(C)n2-c1ccc(F)cc1. The van der Waals surface area contributed by atoms with Crippen LogP contribution in [-0.2, 0) is 0 Å². The van der Waals surface area contributed by atoms with Gasteiger partial charge in [-0.2, -0.15) is 0 Å². The van der Waals surface area contributed by atoms with E-state index in [1.807, 2.05) is 49.6 Å².